The molecule has 6 fully saturated rings. The lowest BCUT2D eigenvalue weighted by atomic mass is 9.62. The summed E-state index contributed by atoms with van der Waals surface area (Å²) < 4.78 is 89.9. The summed E-state index contributed by atoms with van der Waals surface area (Å²) in [4.78, 5) is 39.9. The maximum atomic E-state index is 14.3. The van der Waals surface area contributed by atoms with E-state index in [0.717, 1.165) is 25.7 Å². The monoisotopic (exact) mass is 806 g/mol. The summed E-state index contributed by atoms with van der Waals surface area (Å²) in [7, 11) is -6.05. The number of halogens is 2. The standard InChI is InChI=1S/C39H60F2O13S/c1-4-26-8-24(2)12-36(14-26,19-42)33(44)53-23-35(20-50-31(43)29-11-28-9-25(3)13-37(46,15-28)17-29)21-51-32(52-22-35)30-10-27-6-5-7-38(16-27,18-30)54-34(45)39(40,41)55(47,48)49/h24-30,32,42,46H,4-23H2,1-3H3,(H,47,48,49). The van der Waals surface area contributed by atoms with Crippen molar-refractivity contribution < 1.29 is 70.0 Å². The SMILES string of the molecule is CCC1CC(C)CC(CO)(C(=O)OCC2(COC(=O)C3CC4CC(C)CC(O)(C4)C3)COC(C3CC4CCCC(OC(=O)C(F)(F)S(=O)(=O)O)(C4)C3)OC2)C1. The Labute approximate surface area is 322 Å². The fourth-order valence-corrected chi connectivity index (χ4v) is 11.8. The summed E-state index contributed by atoms with van der Waals surface area (Å²) in [6.45, 7) is 5.30. The molecule has 0 spiro atoms. The Morgan fingerprint density at radius 3 is 2.22 bits per heavy atom. The molecule has 10 unspecified atom stereocenters. The second kappa shape index (κ2) is 16.0. The molecule has 0 aromatic rings. The van der Waals surface area contributed by atoms with Crippen molar-refractivity contribution in [3.05, 3.63) is 0 Å². The van der Waals surface area contributed by atoms with Crippen LogP contribution in [0.1, 0.15) is 117 Å². The van der Waals surface area contributed by atoms with Crippen molar-refractivity contribution in [3.63, 3.8) is 0 Å². The summed E-state index contributed by atoms with van der Waals surface area (Å²) in [5.41, 5.74) is -4.53. The van der Waals surface area contributed by atoms with Crippen molar-refractivity contribution in [2.75, 3.05) is 33.0 Å². The van der Waals surface area contributed by atoms with Crippen molar-refractivity contribution in [2.45, 2.75) is 140 Å². The molecule has 6 aliphatic rings. The van der Waals surface area contributed by atoms with E-state index in [0.29, 0.717) is 57.3 Å². The molecule has 0 aromatic heterocycles. The van der Waals surface area contributed by atoms with Crippen LogP contribution in [0.5, 0.6) is 0 Å². The molecular formula is C39H60F2O13S. The largest absolute Gasteiger partial charge is 0.465 e. The molecule has 1 saturated heterocycles. The van der Waals surface area contributed by atoms with Crippen molar-refractivity contribution in [1.29, 1.82) is 0 Å². The number of hydrogen-bond donors (Lipinski definition) is 3. The van der Waals surface area contributed by atoms with Crippen molar-refractivity contribution in [2.24, 2.45) is 52.3 Å². The lowest BCUT2D eigenvalue weighted by Gasteiger charge is -2.50. The Balaban J connectivity index is 1.15. The average Bonchev–Trinajstić information content (AvgIpc) is 3.11. The van der Waals surface area contributed by atoms with Crippen molar-refractivity contribution >= 4 is 28.0 Å². The van der Waals surface area contributed by atoms with Crippen molar-refractivity contribution in [1.82, 2.24) is 0 Å². The summed E-state index contributed by atoms with van der Waals surface area (Å²) in [6.07, 6.45) is 7.45. The Morgan fingerprint density at radius 2 is 1.56 bits per heavy atom. The third-order valence-electron chi connectivity index (χ3n) is 13.7. The first-order chi connectivity index (χ1) is 25.7. The third-order valence-corrected chi connectivity index (χ3v) is 14.6. The quantitative estimate of drug-likeness (QED) is 0.133. The van der Waals surface area contributed by atoms with Crippen LogP contribution < -0.4 is 0 Å². The van der Waals surface area contributed by atoms with E-state index in [1.807, 2.05) is 0 Å². The predicted molar refractivity (Wildman–Crippen MR) is 191 cm³/mol. The van der Waals surface area contributed by atoms with Crippen LogP contribution in [0.25, 0.3) is 0 Å². The molecule has 16 heteroatoms. The van der Waals surface area contributed by atoms with Gasteiger partial charge in [-0.05, 0) is 113 Å². The van der Waals surface area contributed by atoms with Gasteiger partial charge in [-0.1, -0.05) is 33.6 Å². The smallest absolute Gasteiger partial charge is 0.465 e. The fourth-order valence-electron chi connectivity index (χ4n) is 11.5. The second-order valence-corrected chi connectivity index (χ2v) is 20.3. The lowest BCUT2D eigenvalue weighted by Crippen LogP contribution is -2.55. The first-order valence-electron chi connectivity index (χ1n) is 20.2. The van der Waals surface area contributed by atoms with Gasteiger partial charge in [0.2, 0.25) is 0 Å². The summed E-state index contributed by atoms with van der Waals surface area (Å²) in [6, 6.07) is 0. The number of rotatable bonds is 12. The van der Waals surface area contributed by atoms with Crippen LogP contribution in [-0.4, -0.2) is 96.9 Å². The molecular weight excluding hydrogens is 746 g/mol. The first kappa shape index (κ1) is 42.6. The van der Waals surface area contributed by atoms with Gasteiger partial charge in [0.15, 0.2) is 6.29 Å². The van der Waals surface area contributed by atoms with Gasteiger partial charge in [-0.25, -0.2) is 4.79 Å². The summed E-state index contributed by atoms with van der Waals surface area (Å²) in [5.74, 6) is -3.24. The van der Waals surface area contributed by atoms with Crippen LogP contribution >= 0.6 is 0 Å². The van der Waals surface area contributed by atoms with Gasteiger partial charge in [-0.15, -0.1) is 0 Å². The molecule has 314 valence electrons. The molecule has 3 N–H and O–H groups in total. The normalized spacial score (nSPS) is 42.2. The second-order valence-electron chi connectivity index (χ2n) is 18.8. The molecule has 0 amide bonds. The number of hydrogen-bond acceptors (Lipinski definition) is 12. The van der Waals surface area contributed by atoms with Gasteiger partial charge in [0.25, 0.3) is 0 Å². The van der Waals surface area contributed by atoms with Gasteiger partial charge in [-0.2, -0.15) is 17.2 Å². The maximum absolute atomic E-state index is 14.3. The highest BCUT2D eigenvalue weighted by Crippen LogP contribution is 2.51. The molecule has 0 aromatic carbocycles. The lowest BCUT2D eigenvalue weighted by molar-refractivity contribution is -0.279. The number of fused-ring (bicyclic) bond motifs is 4. The first-order valence-corrected chi connectivity index (χ1v) is 21.7. The van der Waals surface area contributed by atoms with E-state index in [1.54, 1.807) is 0 Å². The molecule has 13 nitrogen and oxygen atoms in total. The van der Waals surface area contributed by atoms with Crippen LogP contribution in [0.15, 0.2) is 0 Å². The van der Waals surface area contributed by atoms with Crippen LogP contribution in [0.3, 0.4) is 0 Å². The minimum Gasteiger partial charge on any atom is -0.465 e. The molecule has 5 saturated carbocycles. The van der Waals surface area contributed by atoms with E-state index >= 15 is 0 Å². The van der Waals surface area contributed by atoms with Crippen LogP contribution in [0, 0.1) is 52.3 Å². The number of aliphatic hydroxyl groups is 2. The zero-order valence-electron chi connectivity index (χ0n) is 32.3. The van der Waals surface area contributed by atoms with Crippen molar-refractivity contribution in [3.8, 4) is 0 Å². The van der Waals surface area contributed by atoms with E-state index < -0.39 is 73.4 Å². The number of aliphatic hydroxyl groups excluding tert-OH is 1. The van der Waals surface area contributed by atoms with E-state index in [-0.39, 0.29) is 76.0 Å². The highest BCUT2D eigenvalue weighted by Gasteiger charge is 2.59. The molecule has 4 bridgehead atoms. The highest BCUT2D eigenvalue weighted by molar-refractivity contribution is 7.87. The molecule has 55 heavy (non-hydrogen) atoms. The molecule has 0 radical (unpaired) electrons. The van der Waals surface area contributed by atoms with Crippen LogP contribution in [0.2, 0.25) is 0 Å². The van der Waals surface area contributed by atoms with E-state index in [2.05, 4.69) is 20.8 Å². The number of alkyl halides is 2. The average molecular weight is 807 g/mol. The topological polar surface area (TPSA) is 192 Å². The number of carbonyl (C=O) groups excluding carboxylic acids is 3. The van der Waals surface area contributed by atoms with Crippen LogP contribution in [0.4, 0.5) is 8.78 Å². The Bertz CT molecular complexity index is 1530. The maximum Gasteiger partial charge on any atom is 0.465 e. The molecule has 6 rings (SSSR count). The van der Waals surface area contributed by atoms with Gasteiger partial charge < -0.3 is 33.9 Å². The Morgan fingerprint density at radius 1 is 0.873 bits per heavy atom. The Hall–Kier alpha value is -1.98. The minimum atomic E-state index is -6.05. The Kier molecular flexibility index (Phi) is 12.4. The van der Waals surface area contributed by atoms with Gasteiger partial charge in [0.1, 0.15) is 18.8 Å². The molecule has 5 aliphatic carbocycles. The van der Waals surface area contributed by atoms with Gasteiger partial charge >= 0.3 is 33.3 Å². The minimum absolute atomic E-state index is 0.0484. The number of esters is 3. The zero-order chi connectivity index (χ0) is 40.0. The number of carbonyl (C=O) groups is 3. The predicted octanol–water partition coefficient (Wildman–Crippen LogP) is 5.20. The number of ether oxygens (including phenoxy) is 5. The summed E-state index contributed by atoms with van der Waals surface area (Å²) >= 11 is 0. The zero-order valence-corrected chi connectivity index (χ0v) is 33.2. The van der Waals surface area contributed by atoms with Crippen LogP contribution in [-0.2, 0) is 48.2 Å². The third kappa shape index (κ3) is 9.19. The van der Waals surface area contributed by atoms with Gasteiger partial charge in [0.05, 0.1) is 42.2 Å². The molecule has 1 heterocycles. The fraction of sp³-hybridized carbons (Fsp3) is 0.923. The van der Waals surface area contributed by atoms with E-state index in [4.69, 9.17) is 28.2 Å². The molecule has 1 aliphatic heterocycles. The van der Waals surface area contributed by atoms with Gasteiger partial charge in [-0.3, -0.25) is 14.1 Å². The summed E-state index contributed by atoms with van der Waals surface area (Å²) in [5, 5.41) is 16.7. The highest BCUT2D eigenvalue weighted by atomic mass is 32.2. The molecule has 10 atom stereocenters. The van der Waals surface area contributed by atoms with E-state index in [9.17, 15) is 41.8 Å². The van der Waals surface area contributed by atoms with Gasteiger partial charge in [0, 0.05) is 5.92 Å². The van der Waals surface area contributed by atoms with E-state index in [1.165, 1.54) is 0 Å².